The zero-order valence-corrected chi connectivity index (χ0v) is 11.1. The minimum absolute atomic E-state index is 0.254. The van der Waals surface area contributed by atoms with Gasteiger partial charge in [0.1, 0.15) is 17.2 Å². The fraction of sp³-hybridized carbons (Fsp3) is 0.154. The summed E-state index contributed by atoms with van der Waals surface area (Å²) in [5.41, 5.74) is 7.26. The maximum absolute atomic E-state index is 8.87. The fourth-order valence-corrected chi connectivity index (χ4v) is 1.97. The molecule has 2 aromatic rings. The average molecular weight is 274 g/mol. The van der Waals surface area contributed by atoms with Crippen molar-refractivity contribution in [3.63, 3.8) is 0 Å². The van der Waals surface area contributed by atoms with Crippen molar-refractivity contribution in [1.29, 1.82) is 5.26 Å². The highest BCUT2D eigenvalue weighted by Crippen LogP contribution is 2.26. The molecule has 0 bridgehead atoms. The minimum atomic E-state index is 0.254. The van der Waals surface area contributed by atoms with Crippen LogP contribution in [0.4, 0.5) is 11.6 Å². The molecule has 1 aromatic carbocycles. The van der Waals surface area contributed by atoms with Gasteiger partial charge in [0.15, 0.2) is 5.82 Å². The lowest BCUT2D eigenvalue weighted by Crippen LogP contribution is -2.18. The molecule has 0 spiro atoms. The Labute approximate surface area is 116 Å². The summed E-state index contributed by atoms with van der Waals surface area (Å²) in [6, 6.07) is 9.49. The van der Waals surface area contributed by atoms with Gasteiger partial charge in [-0.3, -0.25) is 0 Å². The highest BCUT2D eigenvalue weighted by Gasteiger charge is 2.11. The van der Waals surface area contributed by atoms with Gasteiger partial charge in [-0.25, -0.2) is 9.97 Å². The summed E-state index contributed by atoms with van der Waals surface area (Å²) in [7, 11) is 1.85. The van der Waals surface area contributed by atoms with Crippen molar-refractivity contribution in [1.82, 2.24) is 9.97 Å². The molecule has 5 nitrogen and oxygen atoms in total. The van der Waals surface area contributed by atoms with Crippen molar-refractivity contribution < 1.29 is 0 Å². The van der Waals surface area contributed by atoms with Crippen LogP contribution in [-0.2, 0) is 6.54 Å². The Kier molecular flexibility index (Phi) is 3.83. The van der Waals surface area contributed by atoms with Gasteiger partial charge in [0, 0.05) is 13.6 Å². The number of halogens is 1. The molecule has 0 radical (unpaired) electrons. The number of aromatic nitrogens is 2. The SMILES string of the molecule is CN(Cc1cccc(C#N)c1)c1ncnc(N)c1Cl. The van der Waals surface area contributed by atoms with E-state index in [9.17, 15) is 0 Å². The molecule has 0 aliphatic carbocycles. The summed E-state index contributed by atoms with van der Waals surface area (Å²) in [4.78, 5) is 9.79. The van der Waals surface area contributed by atoms with Gasteiger partial charge >= 0.3 is 0 Å². The van der Waals surface area contributed by atoms with Crippen LogP contribution in [0.15, 0.2) is 30.6 Å². The van der Waals surface area contributed by atoms with Gasteiger partial charge in [-0.1, -0.05) is 23.7 Å². The maximum atomic E-state index is 8.87. The lowest BCUT2D eigenvalue weighted by Gasteiger charge is -2.19. The fourth-order valence-electron chi connectivity index (χ4n) is 1.73. The first-order valence-corrected chi connectivity index (χ1v) is 5.95. The van der Waals surface area contributed by atoms with Gasteiger partial charge in [-0.15, -0.1) is 0 Å². The van der Waals surface area contributed by atoms with E-state index in [0.717, 1.165) is 5.56 Å². The molecule has 0 amide bonds. The summed E-state index contributed by atoms with van der Waals surface area (Å²) in [5, 5.41) is 9.21. The van der Waals surface area contributed by atoms with Gasteiger partial charge < -0.3 is 10.6 Å². The summed E-state index contributed by atoms with van der Waals surface area (Å²) in [6.07, 6.45) is 1.37. The van der Waals surface area contributed by atoms with Crippen molar-refractivity contribution in [2.24, 2.45) is 0 Å². The number of anilines is 2. The molecule has 2 N–H and O–H groups in total. The molecule has 0 aliphatic rings. The van der Waals surface area contributed by atoms with E-state index in [1.165, 1.54) is 6.33 Å². The molecule has 0 saturated heterocycles. The van der Waals surface area contributed by atoms with Crippen molar-refractivity contribution >= 4 is 23.2 Å². The molecule has 0 atom stereocenters. The van der Waals surface area contributed by atoms with E-state index < -0.39 is 0 Å². The predicted octanol–water partition coefficient (Wildman–Crippen LogP) is 2.22. The second kappa shape index (κ2) is 5.55. The van der Waals surface area contributed by atoms with E-state index in [4.69, 9.17) is 22.6 Å². The minimum Gasteiger partial charge on any atom is -0.382 e. The number of hydrogen-bond donors (Lipinski definition) is 1. The number of hydrogen-bond acceptors (Lipinski definition) is 5. The van der Waals surface area contributed by atoms with E-state index >= 15 is 0 Å². The first kappa shape index (κ1) is 13.1. The molecule has 0 saturated carbocycles. The number of nitrogens with two attached hydrogens (primary N) is 1. The maximum Gasteiger partial charge on any atom is 0.153 e. The molecule has 2 rings (SSSR count). The summed E-state index contributed by atoms with van der Waals surface area (Å²) < 4.78 is 0. The molecular formula is C13H12ClN5. The Balaban J connectivity index is 2.23. The number of nitrogen functional groups attached to an aromatic ring is 1. The van der Waals surface area contributed by atoms with E-state index in [0.29, 0.717) is 22.9 Å². The molecule has 19 heavy (non-hydrogen) atoms. The van der Waals surface area contributed by atoms with Crippen molar-refractivity contribution in [3.8, 4) is 6.07 Å². The Morgan fingerprint density at radius 3 is 2.95 bits per heavy atom. The van der Waals surface area contributed by atoms with Crippen LogP contribution in [0.2, 0.25) is 5.02 Å². The molecule has 0 fully saturated rings. The van der Waals surface area contributed by atoms with Crippen LogP contribution >= 0.6 is 11.6 Å². The quantitative estimate of drug-likeness (QED) is 0.928. The number of nitriles is 1. The van der Waals surface area contributed by atoms with E-state index in [1.807, 2.05) is 30.1 Å². The highest BCUT2D eigenvalue weighted by atomic mass is 35.5. The molecular weight excluding hydrogens is 262 g/mol. The standard InChI is InChI=1S/C13H12ClN5/c1-19(13-11(14)12(16)17-8-18-13)7-10-4-2-3-9(5-10)6-15/h2-5,8H,7H2,1H3,(H2,16,17,18). The normalized spacial score (nSPS) is 9.95. The van der Waals surface area contributed by atoms with Crippen LogP contribution in [0.5, 0.6) is 0 Å². The van der Waals surface area contributed by atoms with Crippen LogP contribution in [0, 0.1) is 11.3 Å². The Morgan fingerprint density at radius 2 is 2.21 bits per heavy atom. The predicted molar refractivity (Wildman–Crippen MR) is 74.7 cm³/mol. The first-order chi connectivity index (χ1) is 9.11. The largest absolute Gasteiger partial charge is 0.382 e. The Morgan fingerprint density at radius 1 is 1.42 bits per heavy atom. The first-order valence-electron chi connectivity index (χ1n) is 5.58. The molecule has 0 unspecified atom stereocenters. The average Bonchev–Trinajstić information content (AvgIpc) is 2.42. The molecule has 1 aromatic heterocycles. The topological polar surface area (TPSA) is 78.8 Å². The second-order valence-electron chi connectivity index (χ2n) is 4.06. The van der Waals surface area contributed by atoms with Crippen molar-refractivity contribution in [2.75, 3.05) is 17.7 Å². The Bertz CT molecular complexity index is 635. The van der Waals surface area contributed by atoms with Gasteiger partial charge in [0.25, 0.3) is 0 Å². The second-order valence-corrected chi connectivity index (χ2v) is 4.44. The van der Waals surface area contributed by atoms with Crippen LogP contribution < -0.4 is 10.6 Å². The highest BCUT2D eigenvalue weighted by molar-refractivity contribution is 6.35. The van der Waals surface area contributed by atoms with Gasteiger partial charge in [0.2, 0.25) is 0 Å². The monoisotopic (exact) mass is 273 g/mol. The Hall–Kier alpha value is -2.32. The molecule has 0 aliphatic heterocycles. The number of rotatable bonds is 3. The van der Waals surface area contributed by atoms with E-state index in [1.54, 1.807) is 6.07 Å². The zero-order valence-electron chi connectivity index (χ0n) is 10.3. The van der Waals surface area contributed by atoms with Crippen molar-refractivity contribution in [3.05, 3.63) is 46.7 Å². The van der Waals surface area contributed by atoms with Gasteiger partial charge in [0.05, 0.1) is 11.6 Å². The van der Waals surface area contributed by atoms with Crippen LogP contribution in [0.25, 0.3) is 0 Å². The molecule has 6 heteroatoms. The van der Waals surface area contributed by atoms with Gasteiger partial charge in [-0.05, 0) is 17.7 Å². The van der Waals surface area contributed by atoms with Crippen LogP contribution in [0.3, 0.4) is 0 Å². The van der Waals surface area contributed by atoms with Crippen LogP contribution in [-0.4, -0.2) is 17.0 Å². The third-order valence-corrected chi connectivity index (χ3v) is 3.00. The summed E-state index contributed by atoms with van der Waals surface area (Å²) >= 11 is 6.07. The van der Waals surface area contributed by atoms with Crippen molar-refractivity contribution in [2.45, 2.75) is 6.54 Å². The number of nitrogens with zero attached hydrogens (tertiary/aromatic N) is 4. The summed E-state index contributed by atoms with van der Waals surface area (Å²) in [5.74, 6) is 0.820. The molecule has 96 valence electrons. The lowest BCUT2D eigenvalue weighted by molar-refractivity contribution is 0.892. The summed E-state index contributed by atoms with van der Waals surface area (Å²) in [6.45, 7) is 0.575. The van der Waals surface area contributed by atoms with E-state index in [-0.39, 0.29) is 5.82 Å². The van der Waals surface area contributed by atoms with Gasteiger partial charge in [-0.2, -0.15) is 5.26 Å². The van der Waals surface area contributed by atoms with E-state index in [2.05, 4.69) is 16.0 Å². The third kappa shape index (κ3) is 2.92. The lowest BCUT2D eigenvalue weighted by atomic mass is 10.1. The smallest absolute Gasteiger partial charge is 0.153 e. The number of benzene rings is 1. The van der Waals surface area contributed by atoms with Crippen LogP contribution in [0.1, 0.15) is 11.1 Å². The third-order valence-electron chi connectivity index (χ3n) is 2.64. The molecule has 1 heterocycles. The zero-order chi connectivity index (χ0) is 13.8.